The number of pyridine rings is 2. The molecule has 0 fully saturated rings. The molecule has 0 atom stereocenters. The number of carbonyl (C=O) groups excluding carboxylic acids is 1. The molecule has 4 rings (SSSR count). The summed E-state index contributed by atoms with van der Waals surface area (Å²) in [6.45, 7) is 4.61. The van der Waals surface area contributed by atoms with E-state index in [9.17, 15) is 4.79 Å². The first-order chi connectivity index (χ1) is 14.6. The van der Waals surface area contributed by atoms with Crippen molar-refractivity contribution in [3.8, 4) is 0 Å². The normalized spacial score (nSPS) is 10.9. The van der Waals surface area contributed by atoms with Crippen LogP contribution < -0.4 is 5.32 Å². The number of hydrogen-bond donors (Lipinski definition) is 1. The Morgan fingerprint density at radius 3 is 2.60 bits per heavy atom. The van der Waals surface area contributed by atoms with E-state index in [1.165, 1.54) is 0 Å². The molecular formula is C25H24N4O. The van der Waals surface area contributed by atoms with E-state index >= 15 is 0 Å². The van der Waals surface area contributed by atoms with Crippen LogP contribution in [0, 0.1) is 0 Å². The predicted molar refractivity (Wildman–Crippen MR) is 121 cm³/mol. The molecule has 4 aromatic rings. The predicted octanol–water partition coefficient (Wildman–Crippen LogP) is 5.42. The van der Waals surface area contributed by atoms with Gasteiger partial charge < -0.3 is 10.2 Å². The quantitative estimate of drug-likeness (QED) is 0.472. The lowest BCUT2D eigenvalue weighted by molar-refractivity contribution is 0.0690. The number of fused-ring (bicyclic) bond motifs is 1. The fourth-order valence-electron chi connectivity index (χ4n) is 3.42. The van der Waals surface area contributed by atoms with Gasteiger partial charge in [0.15, 0.2) is 0 Å². The number of anilines is 2. The van der Waals surface area contributed by atoms with Gasteiger partial charge in [-0.15, -0.1) is 0 Å². The van der Waals surface area contributed by atoms with E-state index in [-0.39, 0.29) is 11.9 Å². The van der Waals surface area contributed by atoms with Gasteiger partial charge in [-0.05, 0) is 37.6 Å². The third-order valence-corrected chi connectivity index (χ3v) is 4.98. The zero-order valence-electron chi connectivity index (χ0n) is 17.1. The molecule has 30 heavy (non-hydrogen) atoms. The lowest BCUT2D eigenvalue weighted by atomic mass is 10.1. The van der Waals surface area contributed by atoms with Gasteiger partial charge in [0.05, 0.1) is 28.7 Å². The smallest absolute Gasteiger partial charge is 0.256 e. The SMILES string of the molecule is CC(C)N(Cc1ccccc1)C(=O)c1cncc(Nc2cccc3cccnc23)c1. The fraction of sp³-hybridized carbons (Fsp3) is 0.160. The highest BCUT2D eigenvalue weighted by Gasteiger charge is 2.20. The molecule has 0 aliphatic heterocycles. The Bertz CT molecular complexity index is 1150. The van der Waals surface area contributed by atoms with E-state index in [0.717, 1.165) is 27.8 Å². The molecule has 0 saturated carbocycles. The lowest BCUT2D eigenvalue weighted by Crippen LogP contribution is -2.36. The van der Waals surface area contributed by atoms with Gasteiger partial charge in [0.1, 0.15) is 0 Å². The second-order valence-corrected chi connectivity index (χ2v) is 7.48. The summed E-state index contributed by atoms with van der Waals surface area (Å²) >= 11 is 0. The van der Waals surface area contributed by atoms with Crippen LogP contribution in [-0.4, -0.2) is 26.8 Å². The molecule has 0 saturated heterocycles. The van der Waals surface area contributed by atoms with Crippen LogP contribution in [0.5, 0.6) is 0 Å². The third kappa shape index (κ3) is 4.30. The van der Waals surface area contributed by atoms with Crippen molar-refractivity contribution in [2.45, 2.75) is 26.4 Å². The van der Waals surface area contributed by atoms with Gasteiger partial charge in [0.2, 0.25) is 0 Å². The van der Waals surface area contributed by atoms with Crippen molar-refractivity contribution < 1.29 is 4.79 Å². The van der Waals surface area contributed by atoms with Gasteiger partial charge in [-0.1, -0.05) is 48.5 Å². The van der Waals surface area contributed by atoms with Gasteiger partial charge in [0, 0.05) is 30.4 Å². The minimum Gasteiger partial charge on any atom is -0.352 e. The molecule has 2 heterocycles. The fourth-order valence-corrected chi connectivity index (χ4v) is 3.42. The highest BCUT2D eigenvalue weighted by atomic mass is 16.2. The Labute approximate surface area is 176 Å². The van der Waals surface area contributed by atoms with Crippen LogP contribution >= 0.6 is 0 Å². The number of nitrogens with zero attached hydrogens (tertiary/aromatic N) is 3. The molecule has 0 spiro atoms. The van der Waals surface area contributed by atoms with Crippen LogP contribution in [0.3, 0.4) is 0 Å². The standard InChI is InChI=1S/C25H24N4O/c1-18(2)29(17-19-8-4-3-5-9-19)25(30)21-14-22(16-26-15-21)28-23-12-6-10-20-11-7-13-27-24(20)23/h3-16,18,28H,17H2,1-2H3. The molecule has 2 aromatic carbocycles. The maximum Gasteiger partial charge on any atom is 0.256 e. The summed E-state index contributed by atoms with van der Waals surface area (Å²) in [5, 5.41) is 4.42. The molecule has 1 N–H and O–H groups in total. The van der Waals surface area contributed by atoms with Gasteiger partial charge >= 0.3 is 0 Å². The van der Waals surface area contributed by atoms with Crippen molar-refractivity contribution in [3.05, 3.63) is 96.4 Å². The van der Waals surface area contributed by atoms with E-state index in [1.54, 1.807) is 18.6 Å². The summed E-state index contributed by atoms with van der Waals surface area (Å²) < 4.78 is 0. The van der Waals surface area contributed by atoms with E-state index < -0.39 is 0 Å². The maximum absolute atomic E-state index is 13.3. The zero-order valence-corrected chi connectivity index (χ0v) is 17.1. The third-order valence-electron chi connectivity index (χ3n) is 4.98. The topological polar surface area (TPSA) is 58.1 Å². The van der Waals surface area contributed by atoms with E-state index in [2.05, 4.69) is 15.3 Å². The summed E-state index contributed by atoms with van der Waals surface area (Å²) in [5.41, 5.74) is 4.16. The zero-order chi connectivity index (χ0) is 20.9. The van der Waals surface area contributed by atoms with Gasteiger partial charge in [0.25, 0.3) is 5.91 Å². The van der Waals surface area contributed by atoms with E-state index in [0.29, 0.717) is 12.1 Å². The number of aromatic nitrogens is 2. The molecule has 5 heteroatoms. The molecule has 0 bridgehead atoms. The Morgan fingerprint density at radius 2 is 1.80 bits per heavy atom. The number of carbonyl (C=O) groups is 1. The highest BCUT2D eigenvalue weighted by Crippen LogP contribution is 2.25. The molecule has 2 aromatic heterocycles. The van der Waals surface area contributed by atoms with Crippen LogP contribution in [0.25, 0.3) is 10.9 Å². The van der Waals surface area contributed by atoms with Crippen LogP contribution in [0.4, 0.5) is 11.4 Å². The monoisotopic (exact) mass is 396 g/mol. The Kier molecular flexibility index (Phi) is 5.70. The first-order valence-corrected chi connectivity index (χ1v) is 10.0. The van der Waals surface area contributed by atoms with E-state index in [4.69, 9.17) is 0 Å². The largest absolute Gasteiger partial charge is 0.352 e. The number of hydrogen-bond acceptors (Lipinski definition) is 4. The Morgan fingerprint density at radius 1 is 1.00 bits per heavy atom. The van der Waals surface area contributed by atoms with Crippen molar-refractivity contribution in [3.63, 3.8) is 0 Å². The van der Waals surface area contributed by atoms with Crippen molar-refractivity contribution in [1.82, 2.24) is 14.9 Å². The van der Waals surface area contributed by atoms with Crippen molar-refractivity contribution in [1.29, 1.82) is 0 Å². The van der Waals surface area contributed by atoms with Crippen molar-refractivity contribution in [2.24, 2.45) is 0 Å². The number of benzene rings is 2. The summed E-state index contributed by atoms with van der Waals surface area (Å²) in [4.78, 5) is 23.9. The first kappa shape index (κ1) is 19.6. The van der Waals surface area contributed by atoms with Crippen LogP contribution in [0.1, 0.15) is 29.8 Å². The lowest BCUT2D eigenvalue weighted by Gasteiger charge is -2.27. The van der Waals surface area contributed by atoms with Crippen LogP contribution in [0.15, 0.2) is 85.3 Å². The maximum atomic E-state index is 13.3. The highest BCUT2D eigenvalue weighted by molar-refractivity contribution is 5.96. The molecule has 0 radical (unpaired) electrons. The minimum absolute atomic E-state index is 0.0407. The van der Waals surface area contributed by atoms with Crippen LogP contribution in [0.2, 0.25) is 0 Å². The molecule has 0 aliphatic carbocycles. The number of amides is 1. The second kappa shape index (κ2) is 8.74. The van der Waals surface area contributed by atoms with Crippen LogP contribution in [-0.2, 0) is 6.54 Å². The van der Waals surface area contributed by atoms with Crippen molar-refractivity contribution >= 4 is 28.2 Å². The molecule has 1 amide bonds. The van der Waals surface area contributed by atoms with Crippen molar-refractivity contribution in [2.75, 3.05) is 5.32 Å². The summed E-state index contributed by atoms with van der Waals surface area (Å²) in [7, 11) is 0. The number of nitrogens with one attached hydrogen (secondary N) is 1. The van der Waals surface area contributed by atoms with E-state index in [1.807, 2.05) is 85.5 Å². The Balaban J connectivity index is 1.59. The molecule has 0 unspecified atom stereocenters. The summed E-state index contributed by atoms with van der Waals surface area (Å²) in [6, 6.07) is 21.9. The summed E-state index contributed by atoms with van der Waals surface area (Å²) in [5.74, 6) is -0.0407. The van der Waals surface area contributed by atoms with Gasteiger partial charge in [-0.3, -0.25) is 14.8 Å². The summed E-state index contributed by atoms with van der Waals surface area (Å²) in [6.07, 6.45) is 5.11. The molecule has 0 aliphatic rings. The average Bonchev–Trinajstić information content (AvgIpc) is 2.78. The average molecular weight is 396 g/mol. The molecule has 5 nitrogen and oxygen atoms in total. The number of rotatable bonds is 6. The minimum atomic E-state index is -0.0407. The molecule has 150 valence electrons. The second-order valence-electron chi connectivity index (χ2n) is 7.48. The van der Waals surface area contributed by atoms with Gasteiger partial charge in [-0.2, -0.15) is 0 Å². The van der Waals surface area contributed by atoms with Gasteiger partial charge in [-0.25, -0.2) is 0 Å². The Hall–Kier alpha value is -3.73. The first-order valence-electron chi connectivity index (χ1n) is 10.0. The number of para-hydroxylation sites is 1. The molecular weight excluding hydrogens is 372 g/mol.